The van der Waals surface area contributed by atoms with Crippen molar-refractivity contribution in [2.75, 3.05) is 0 Å². The van der Waals surface area contributed by atoms with Crippen LogP contribution in [-0.2, 0) is 0 Å². The molecule has 0 heterocycles. The SMILES string of the molecule is Cl.Cl.Cl.Cl[N+](Cl)(Cl)Cl.N.N.N.[Cl-]. The topological polar surface area (TPSA) is 105 Å². The molecule has 0 aliphatic carbocycles. The lowest BCUT2D eigenvalue weighted by atomic mass is 13.8. The van der Waals surface area contributed by atoms with Gasteiger partial charge in [-0.05, 0) is 0 Å². The third kappa shape index (κ3) is 325. The average Bonchev–Trinajstić information content (AvgIpc) is 0.722. The number of halogens is 8. The molecule has 0 radical (unpaired) electrons. The highest BCUT2D eigenvalue weighted by Gasteiger charge is 2.16. The first-order valence-electron chi connectivity index (χ1n) is 0.676. The number of quaternary nitrogens is 1. The molecule has 0 rings (SSSR count). The average molecular weight is 352 g/mol. The zero-order valence-electron chi connectivity index (χ0n) is 5.68. The minimum atomic E-state index is -1.11. The van der Waals surface area contributed by atoms with Crippen LogP contribution in [0.4, 0.5) is 0 Å². The Morgan fingerprint density at radius 2 is 0.583 bits per heavy atom. The number of hydrogen-bond donors (Lipinski definition) is 3. The Morgan fingerprint density at radius 1 is 0.583 bits per heavy atom. The van der Waals surface area contributed by atoms with Crippen LogP contribution in [0.25, 0.3) is 0 Å². The largest absolute Gasteiger partial charge is 1.00 e. The maximum atomic E-state index is 4.76. The lowest BCUT2D eigenvalue weighted by Crippen LogP contribution is -3.00. The second-order valence-electron chi connectivity index (χ2n) is 0.383. The van der Waals surface area contributed by atoms with Gasteiger partial charge in [-0.3, -0.25) is 0 Å². The molecule has 4 nitrogen and oxygen atoms in total. The van der Waals surface area contributed by atoms with Gasteiger partial charge in [0.05, 0.1) is 2.56 Å². The third-order valence-corrected chi connectivity index (χ3v) is 0. The number of hydrogen-bond acceptors (Lipinski definition) is 3. The molecule has 0 bridgehead atoms. The van der Waals surface area contributed by atoms with Crippen LogP contribution in [0.3, 0.4) is 0 Å². The maximum absolute atomic E-state index is 4.76. The van der Waals surface area contributed by atoms with Crippen LogP contribution in [-0.4, -0.2) is 2.56 Å². The molecule has 0 fully saturated rings. The molecule has 0 atom stereocenters. The summed E-state index contributed by atoms with van der Waals surface area (Å²) in [7, 11) is 0. The van der Waals surface area contributed by atoms with E-state index in [1.165, 1.54) is 0 Å². The Morgan fingerprint density at radius 3 is 0.583 bits per heavy atom. The van der Waals surface area contributed by atoms with Crippen molar-refractivity contribution >= 4 is 84.3 Å². The van der Waals surface area contributed by atoms with Crippen LogP contribution in [0, 0.1) is 0 Å². The van der Waals surface area contributed by atoms with E-state index < -0.39 is 2.56 Å². The molecule has 88 valence electrons. The molecule has 0 aromatic carbocycles. The Bertz CT molecular complexity index is 26.5. The summed E-state index contributed by atoms with van der Waals surface area (Å²) in [5.74, 6) is 0. The molecule has 12 heavy (non-hydrogen) atoms. The third-order valence-electron chi connectivity index (χ3n) is 0. The fraction of sp³-hybridized carbons (Fsp3) is 0. The summed E-state index contributed by atoms with van der Waals surface area (Å²) < 4.78 is -1.11. The Balaban J connectivity index is -0.00000000381. The molecule has 0 unspecified atom stereocenters. The van der Waals surface area contributed by atoms with E-state index in [0.717, 1.165) is 0 Å². The van der Waals surface area contributed by atoms with Crippen molar-refractivity contribution in [3.05, 3.63) is 0 Å². The number of rotatable bonds is 0. The molecule has 0 saturated heterocycles. The second-order valence-corrected chi connectivity index (χ2v) is 3.45. The minimum absolute atomic E-state index is 0. The molecule has 0 saturated carbocycles. The molecule has 0 aliphatic rings. The van der Waals surface area contributed by atoms with Crippen LogP contribution in [0.15, 0.2) is 0 Å². The summed E-state index contributed by atoms with van der Waals surface area (Å²) in [4.78, 5) is 0. The minimum Gasteiger partial charge on any atom is -1.00 e. The molecular formula is H12Cl8N4. The fourth-order valence-electron chi connectivity index (χ4n) is 0. The molecule has 0 aromatic heterocycles. The van der Waals surface area contributed by atoms with Gasteiger partial charge in [0.15, 0.2) is 0 Å². The first-order chi connectivity index (χ1) is 2.00. The summed E-state index contributed by atoms with van der Waals surface area (Å²) >= 11 is 19.1. The predicted molar refractivity (Wildman–Crippen MR) is 60.5 cm³/mol. The van der Waals surface area contributed by atoms with Gasteiger partial charge in [0.2, 0.25) is 47.1 Å². The van der Waals surface area contributed by atoms with Crippen molar-refractivity contribution < 1.29 is 15.0 Å². The van der Waals surface area contributed by atoms with E-state index >= 15 is 0 Å². The zero-order valence-corrected chi connectivity index (χ0v) is 11.9. The van der Waals surface area contributed by atoms with Gasteiger partial charge in [0, 0.05) is 0 Å². The quantitative estimate of drug-likeness (QED) is 0.570. The highest BCUT2D eigenvalue weighted by molar-refractivity contribution is 6.50. The van der Waals surface area contributed by atoms with Gasteiger partial charge in [-0.25, -0.2) is 0 Å². The zero-order chi connectivity index (χ0) is 4.50. The van der Waals surface area contributed by atoms with E-state index in [1.54, 1.807) is 0 Å². The monoisotopic (exact) mass is 348 g/mol. The van der Waals surface area contributed by atoms with Gasteiger partial charge < -0.3 is 30.9 Å². The summed E-state index contributed by atoms with van der Waals surface area (Å²) in [5.41, 5.74) is 0. The summed E-state index contributed by atoms with van der Waals surface area (Å²) in [6.07, 6.45) is 0. The van der Waals surface area contributed by atoms with Crippen LogP contribution in [0.1, 0.15) is 0 Å². The van der Waals surface area contributed by atoms with Gasteiger partial charge in [0.1, 0.15) is 0 Å². The van der Waals surface area contributed by atoms with E-state index in [-0.39, 0.29) is 68.1 Å². The number of nitrogens with zero attached hydrogens (tertiary/aromatic N) is 1. The second kappa shape index (κ2) is 29.2. The van der Waals surface area contributed by atoms with Crippen molar-refractivity contribution in [2.24, 2.45) is 0 Å². The Kier molecular flexibility index (Phi) is 157. The molecular weight excluding hydrogens is 340 g/mol. The van der Waals surface area contributed by atoms with Crippen LogP contribution < -0.4 is 30.9 Å². The molecule has 0 aromatic rings. The van der Waals surface area contributed by atoms with E-state index in [2.05, 4.69) is 0 Å². The molecule has 12 heteroatoms. The summed E-state index contributed by atoms with van der Waals surface area (Å²) in [5, 5.41) is 0. The van der Waals surface area contributed by atoms with E-state index in [1.807, 2.05) is 0 Å². The van der Waals surface area contributed by atoms with E-state index in [0.29, 0.717) is 0 Å². The molecule has 0 spiro atoms. The van der Waals surface area contributed by atoms with Gasteiger partial charge in [-0.15, -0.1) is 37.2 Å². The van der Waals surface area contributed by atoms with Crippen molar-refractivity contribution in [1.82, 2.24) is 18.5 Å². The van der Waals surface area contributed by atoms with Crippen molar-refractivity contribution in [2.45, 2.75) is 0 Å². The smallest absolute Gasteiger partial charge is 0.231 e. The fourth-order valence-corrected chi connectivity index (χ4v) is 0. The lowest BCUT2D eigenvalue weighted by Gasteiger charge is -1.85. The van der Waals surface area contributed by atoms with Gasteiger partial charge >= 0.3 is 0 Å². The highest BCUT2D eigenvalue weighted by atomic mass is 35.6. The first kappa shape index (κ1) is 64.6. The van der Waals surface area contributed by atoms with Crippen LogP contribution >= 0.6 is 84.3 Å². The maximum Gasteiger partial charge on any atom is 0.231 e. The van der Waals surface area contributed by atoms with Crippen LogP contribution in [0.2, 0.25) is 0 Å². The Labute approximate surface area is 117 Å². The van der Waals surface area contributed by atoms with Crippen molar-refractivity contribution in [3.8, 4) is 0 Å². The van der Waals surface area contributed by atoms with Crippen molar-refractivity contribution in [1.29, 1.82) is 0 Å². The molecule has 9 N–H and O–H groups in total. The van der Waals surface area contributed by atoms with Gasteiger partial charge in [0.25, 0.3) is 0 Å². The van der Waals surface area contributed by atoms with Crippen molar-refractivity contribution in [3.63, 3.8) is 0 Å². The highest BCUT2D eigenvalue weighted by Crippen LogP contribution is 2.24. The predicted octanol–water partition coefficient (Wildman–Crippen LogP) is 1.17. The van der Waals surface area contributed by atoms with E-state index in [9.17, 15) is 0 Å². The van der Waals surface area contributed by atoms with E-state index in [4.69, 9.17) is 47.1 Å². The summed E-state index contributed by atoms with van der Waals surface area (Å²) in [6, 6.07) is 0. The molecule has 0 amide bonds. The Hall–Kier alpha value is 2.16. The normalized spacial score (nSPS) is 5.00. The van der Waals surface area contributed by atoms with Gasteiger partial charge in [-0.2, -0.15) is 0 Å². The van der Waals surface area contributed by atoms with Gasteiger partial charge in [-0.1, -0.05) is 0 Å². The lowest BCUT2D eigenvalue weighted by molar-refractivity contribution is -0.381. The molecule has 0 aliphatic heterocycles. The standard InChI is InChI=1S/Cl4N.4ClH.3H3N/c1-5(2,3)4;;;;;;;/h;4*1H;3*1H3/q+1;;;;;;;/p-1. The van der Waals surface area contributed by atoms with Crippen LogP contribution in [0.5, 0.6) is 0 Å². The summed E-state index contributed by atoms with van der Waals surface area (Å²) in [6.45, 7) is 0. The first-order valence-corrected chi connectivity index (χ1v) is 2.03.